The highest BCUT2D eigenvalue weighted by Gasteiger charge is 2.25. The zero-order valence-electron chi connectivity index (χ0n) is 8.62. The molecule has 3 nitrogen and oxygen atoms in total. The normalized spacial score (nSPS) is 20.2. The Hall–Kier alpha value is -0.390. The first kappa shape index (κ1) is 12.1. The third-order valence-corrected chi connectivity index (χ3v) is 3.86. The molecule has 1 heterocycles. The van der Waals surface area contributed by atoms with Crippen LogP contribution in [0.3, 0.4) is 0 Å². The zero-order valence-corrected chi connectivity index (χ0v) is 11.8. The van der Waals surface area contributed by atoms with Crippen molar-refractivity contribution in [3.63, 3.8) is 0 Å². The standard InChI is InChI=1S/C11H12Br2N2O/c12-7-1-2-10(13)9(5-7)11(16)15-4-3-8(14)6-15/h1-2,5,8H,3-4,6,14H2/t8-/m1/s1. The molecule has 0 radical (unpaired) electrons. The van der Waals surface area contributed by atoms with Gasteiger partial charge in [0.05, 0.1) is 5.56 Å². The summed E-state index contributed by atoms with van der Waals surface area (Å²) in [6, 6.07) is 5.72. The van der Waals surface area contributed by atoms with Crippen molar-refractivity contribution in [1.29, 1.82) is 0 Å². The maximum atomic E-state index is 12.2. The fourth-order valence-electron chi connectivity index (χ4n) is 1.80. The van der Waals surface area contributed by atoms with Gasteiger partial charge in [-0.2, -0.15) is 0 Å². The first-order valence-electron chi connectivity index (χ1n) is 5.08. The van der Waals surface area contributed by atoms with Crippen molar-refractivity contribution in [3.8, 4) is 0 Å². The lowest BCUT2D eigenvalue weighted by atomic mass is 10.2. The van der Waals surface area contributed by atoms with E-state index in [0.29, 0.717) is 12.1 Å². The Bertz CT molecular complexity index is 422. The van der Waals surface area contributed by atoms with Gasteiger partial charge in [-0.3, -0.25) is 4.79 Å². The van der Waals surface area contributed by atoms with Crippen LogP contribution in [-0.4, -0.2) is 29.9 Å². The zero-order chi connectivity index (χ0) is 11.7. The highest BCUT2D eigenvalue weighted by molar-refractivity contribution is 9.11. The van der Waals surface area contributed by atoms with Gasteiger partial charge >= 0.3 is 0 Å². The molecule has 1 saturated heterocycles. The summed E-state index contributed by atoms with van der Waals surface area (Å²) < 4.78 is 1.73. The third-order valence-electron chi connectivity index (χ3n) is 2.67. The van der Waals surface area contributed by atoms with Crippen LogP contribution in [0.5, 0.6) is 0 Å². The number of likely N-dealkylation sites (tertiary alicyclic amines) is 1. The molecule has 0 unspecified atom stereocenters. The number of hydrogen-bond acceptors (Lipinski definition) is 2. The Morgan fingerprint density at radius 1 is 1.44 bits per heavy atom. The third kappa shape index (κ3) is 2.47. The number of amides is 1. The molecule has 0 saturated carbocycles. The van der Waals surface area contributed by atoms with E-state index in [-0.39, 0.29) is 11.9 Å². The second-order valence-corrected chi connectivity index (χ2v) is 5.69. The molecule has 16 heavy (non-hydrogen) atoms. The summed E-state index contributed by atoms with van der Waals surface area (Å²) in [7, 11) is 0. The van der Waals surface area contributed by atoms with E-state index in [1.165, 1.54) is 0 Å². The Kier molecular flexibility index (Phi) is 3.66. The second kappa shape index (κ2) is 4.85. The van der Waals surface area contributed by atoms with Crippen LogP contribution >= 0.6 is 31.9 Å². The molecule has 0 aliphatic carbocycles. The summed E-state index contributed by atoms with van der Waals surface area (Å²) >= 11 is 6.76. The lowest BCUT2D eigenvalue weighted by Crippen LogP contribution is -2.32. The molecule has 86 valence electrons. The minimum absolute atomic E-state index is 0.0427. The van der Waals surface area contributed by atoms with Gasteiger partial charge in [-0.15, -0.1) is 0 Å². The minimum Gasteiger partial charge on any atom is -0.337 e. The van der Waals surface area contributed by atoms with Gasteiger partial charge < -0.3 is 10.6 Å². The van der Waals surface area contributed by atoms with E-state index in [4.69, 9.17) is 5.73 Å². The van der Waals surface area contributed by atoms with Crippen LogP contribution in [0, 0.1) is 0 Å². The Balaban J connectivity index is 2.23. The Labute approximate surface area is 111 Å². The average molecular weight is 348 g/mol. The first-order valence-corrected chi connectivity index (χ1v) is 6.66. The largest absolute Gasteiger partial charge is 0.337 e. The Morgan fingerprint density at radius 3 is 2.81 bits per heavy atom. The van der Waals surface area contributed by atoms with Gasteiger partial charge in [-0.1, -0.05) is 15.9 Å². The fourth-order valence-corrected chi connectivity index (χ4v) is 2.58. The van der Waals surface area contributed by atoms with Crippen LogP contribution in [0.2, 0.25) is 0 Å². The quantitative estimate of drug-likeness (QED) is 0.847. The number of carbonyl (C=O) groups excluding carboxylic acids is 1. The van der Waals surface area contributed by atoms with Crippen molar-refractivity contribution < 1.29 is 4.79 Å². The van der Waals surface area contributed by atoms with Gasteiger partial charge in [-0.25, -0.2) is 0 Å². The number of nitrogens with two attached hydrogens (primary N) is 1. The maximum absolute atomic E-state index is 12.2. The van der Waals surface area contributed by atoms with Gasteiger partial charge in [0, 0.05) is 28.1 Å². The van der Waals surface area contributed by atoms with Crippen LogP contribution < -0.4 is 5.73 Å². The maximum Gasteiger partial charge on any atom is 0.255 e. The fraction of sp³-hybridized carbons (Fsp3) is 0.364. The number of carbonyl (C=O) groups is 1. The van der Waals surface area contributed by atoms with Crippen molar-refractivity contribution in [2.45, 2.75) is 12.5 Å². The van der Waals surface area contributed by atoms with E-state index in [0.717, 1.165) is 21.9 Å². The topological polar surface area (TPSA) is 46.3 Å². The molecule has 1 aliphatic heterocycles. The predicted molar refractivity (Wildman–Crippen MR) is 70.3 cm³/mol. The molecular weight excluding hydrogens is 336 g/mol. The second-order valence-electron chi connectivity index (χ2n) is 3.92. The molecule has 1 amide bonds. The van der Waals surface area contributed by atoms with Gasteiger partial charge in [0.1, 0.15) is 0 Å². The number of rotatable bonds is 1. The summed E-state index contributed by atoms with van der Waals surface area (Å²) in [6.45, 7) is 1.40. The number of hydrogen-bond donors (Lipinski definition) is 1. The molecule has 2 rings (SSSR count). The molecule has 1 fully saturated rings. The summed E-state index contributed by atoms with van der Waals surface area (Å²) in [5.41, 5.74) is 6.48. The van der Waals surface area contributed by atoms with Crippen LogP contribution in [0.4, 0.5) is 0 Å². The van der Waals surface area contributed by atoms with Crippen LogP contribution in [-0.2, 0) is 0 Å². The van der Waals surface area contributed by atoms with Crippen LogP contribution in [0.1, 0.15) is 16.8 Å². The molecule has 1 atom stereocenters. The molecular formula is C11H12Br2N2O. The molecule has 5 heteroatoms. The highest BCUT2D eigenvalue weighted by atomic mass is 79.9. The van der Waals surface area contributed by atoms with E-state index in [2.05, 4.69) is 31.9 Å². The summed E-state index contributed by atoms with van der Waals surface area (Å²) in [5, 5.41) is 0. The van der Waals surface area contributed by atoms with E-state index in [1.807, 2.05) is 18.2 Å². The molecule has 0 bridgehead atoms. The number of halogens is 2. The minimum atomic E-state index is 0.0427. The van der Waals surface area contributed by atoms with E-state index >= 15 is 0 Å². The number of benzene rings is 1. The van der Waals surface area contributed by atoms with Crippen molar-refractivity contribution >= 4 is 37.8 Å². The van der Waals surface area contributed by atoms with Crippen molar-refractivity contribution in [2.24, 2.45) is 5.73 Å². The molecule has 2 N–H and O–H groups in total. The molecule has 0 spiro atoms. The van der Waals surface area contributed by atoms with E-state index in [1.54, 1.807) is 4.90 Å². The van der Waals surface area contributed by atoms with Gasteiger partial charge in [0.2, 0.25) is 0 Å². The monoisotopic (exact) mass is 346 g/mol. The SMILES string of the molecule is N[C@@H]1CCN(C(=O)c2cc(Br)ccc2Br)C1. The smallest absolute Gasteiger partial charge is 0.255 e. The van der Waals surface area contributed by atoms with Gasteiger partial charge in [0.25, 0.3) is 5.91 Å². The average Bonchev–Trinajstić information content (AvgIpc) is 2.67. The summed E-state index contributed by atoms with van der Waals surface area (Å²) in [4.78, 5) is 14.0. The van der Waals surface area contributed by atoms with Gasteiger partial charge in [-0.05, 0) is 40.5 Å². The van der Waals surface area contributed by atoms with Crippen molar-refractivity contribution in [1.82, 2.24) is 4.90 Å². The molecule has 1 aromatic rings. The first-order chi connectivity index (χ1) is 7.58. The van der Waals surface area contributed by atoms with Gasteiger partial charge in [0.15, 0.2) is 0 Å². The van der Waals surface area contributed by atoms with Crippen molar-refractivity contribution in [3.05, 3.63) is 32.7 Å². The lowest BCUT2D eigenvalue weighted by molar-refractivity contribution is 0.0790. The van der Waals surface area contributed by atoms with Crippen LogP contribution in [0.15, 0.2) is 27.1 Å². The Morgan fingerprint density at radius 2 is 2.19 bits per heavy atom. The highest BCUT2D eigenvalue weighted by Crippen LogP contribution is 2.24. The summed E-state index contributed by atoms with van der Waals surface area (Å²) in [6.07, 6.45) is 0.886. The van der Waals surface area contributed by atoms with Crippen LogP contribution in [0.25, 0.3) is 0 Å². The van der Waals surface area contributed by atoms with Crippen molar-refractivity contribution in [2.75, 3.05) is 13.1 Å². The molecule has 0 aromatic heterocycles. The summed E-state index contributed by atoms with van der Waals surface area (Å²) in [5.74, 6) is 0.0427. The lowest BCUT2D eigenvalue weighted by Gasteiger charge is -2.16. The van der Waals surface area contributed by atoms with E-state index in [9.17, 15) is 4.79 Å². The number of nitrogens with zero attached hydrogens (tertiary/aromatic N) is 1. The molecule has 1 aliphatic rings. The van der Waals surface area contributed by atoms with E-state index < -0.39 is 0 Å². The predicted octanol–water partition coefficient (Wildman–Crippen LogP) is 2.38. The molecule has 1 aromatic carbocycles.